The highest BCUT2D eigenvalue weighted by molar-refractivity contribution is 5.85. The minimum Gasteiger partial charge on any atom is -0.450 e. The van der Waals surface area contributed by atoms with Crippen molar-refractivity contribution in [3.63, 3.8) is 0 Å². The van der Waals surface area contributed by atoms with Gasteiger partial charge in [0.2, 0.25) is 6.10 Å². The van der Waals surface area contributed by atoms with E-state index in [1.807, 2.05) is 91.0 Å². The third kappa shape index (κ3) is 8.20. The van der Waals surface area contributed by atoms with Gasteiger partial charge in [-0.05, 0) is 22.6 Å². The van der Waals surface area contributed by atoms with Crippen LogP contribution in [-0.4, -0.2) is 30.2 Å². The molecule has 0 aliphatic heterocycles. The smallest absolute Gasteiger partial charge is 0.408 e. The summed E-state index contributed by atoms with van der Waals surface area (Å²) in [7, 11) is 0. The topological polar surface area (TPSA) is 90.9 Å². The van der Waals surface area contributed by atoms with E-state index in [1.165, 1.54) is 0 Å². The molecule has 1 N–H and O–H groups in total. The number of hydrogen-bond donors (Lipinski definition) is 1. The maximum atomic E-state index is 13.3. The van der Waals surface area contributed by atoms with E-state index in [0.29, 0.717) is 0 Å². The Morgan fingerprint density at radius 1 is 0.658 bits per heavy atom. The van der Waals surface area contributed by atoms with Crippen molar-refractivity contribution in [3.05, 3.63) is 108 Å². The Labute approximate surface area is 224 Å². The Kier molecular flexibility index (Phi) is 10.5. The fourth-order valence-corrected chi connectivity index (χ4v) is 3.81. The van der Waals surface area contributed by atoms with Crippen LogP contribution in [0.2, 0.25) is 0 Å². The van der Waals surface area contributed by atoms with Crippen LogP contribution in [0.1, 0.15) is 50.5 Å². The van der Waals surface area contributed by atoms with Crippen LogP contribution in [-0.2, 0) is 30.4 Å². The van der Waals surface area contributed by atoms with Crippen LogP contribution in [0.15, 0.2) is 91.0 Å². The molecule has 2 atom stereocenters. The molecule has 0 saturated carbocycles. The molecule has 3 aromatic carbocycles. The number of ether oxygens (including phenoxy) is 3. The number of benzene rings is 3. The molecule has 38 heavy (non-hydrogen) atoms. The van der Waals surface area contributed by atoms with Gasteiger partial charge >= 0.3 is 18.0 Å². The molecule has 0 radical (unpaired) electrons. The molecule has 0 aliphatic rings. The van der Waals surface area contributed by atoms with Crippen molar-refractivity contribution in [2.45, 2.75) is 52.6 Å². The average Bonchev–Trinajstić information content (AvgIpc) is 2.93. The zero-order chi connectivity index (χ0) is 27.5. The number of alkyl carbamates (subject to hydrolysis) is 1. The summed E-state index contributed by atoms with van der Waals surface area (Å²) >= 11 is 0. The lowest BCUT2D eigenvalue weighted by Gasteiger charge is -2.27. The molecule has 0 fully saturated rings. The summed E-state index contributed by atoms with van der Waals surface area (Å²) in [4.78, 5) is 38.9. The molecule has 200 valence electrons. The van der Waals surface area contributed by atoms with Gasteiger partial charge in [0, 0.05) is 5.92 Å². The fraction of sp³-hybridized carbons (Fsp3) is 0.323. The van der Waals surface area contributed by atoms with E-state index < -0.39 is 36.3 Å². The van der Waals surface area contributed by atoms with Crippen molar-refractivity contribution in [1.29, 1.82) is 0 Å². The minimum absolute atomic E-state index is 0.0633. The predicted molar refractivity (Wildman–Crippen MR) is 144 cm³/mol. The van der Waals surface area contributed by atoms with Crippen LogP contribution >= 0.6 is 0 Å². The highest BCUT2D eigenvalue weighted by Crippen LogP contribution is 2.27. The molecular weight excluding hydrogens is 482 g/mol. The monoisotopic (exact) mass is 517 g/mol. The van der Waals surface area contributed by atoms with Crippen molar-refractivity contribution >= 4 is 18.0 Å². The summed E-state index contributed by atoms with van der Waals surface area (Å²) in [6, 6.07) is 27.0. The number of amides is 1. The summed E-state index contributed by atoms with van der Waals surface area (Å²) in [5.74, 6) is -2.07. The van der Waals surface area contributed by atoms with Crippen molar-refractivity contribution in [3.8, 4) is 0 Å². The van der Waals surface area contributed by atoms with Crippen LogP contribution in [0.4, 0.5) is 4.79 Å². The van der Waals surface area contributed by atoms with Gasteiger partial charge in [0.1, 0.15) is 12.6 Å². The molecule has 0 unspecified atom stereocenters. The Balaban J connectivity index is 1.69. The molecule has 3 rings (SSSR count). The summed E-state index contributed by atoms with van der Waals surface area (Å²) in [5, 5.41) is 2.57. The first-order chi connectivity index (χ1) is 18.3. The van der Waals surface area contributed by atoms with Gasteiger partial charge in [-0.2, -0.15) is 0 Å². The molecule has 0 saturated heterocycles. The number of hydrogen-bond acceptors (Lipinski definition) is 6. The SMILES string of the molecule is CC(C)[C@H](NC(=O)OCc1ccccc1)C(=O)O[C@H](C(=O)OC(c1ccccc1)c1ccccc1)C(C)C. The number of carbonyl (C=O) groups excluding carboxylic acids is 3. The van der Waals surface area contributed by atoms with Crippen molar-refractivity contribution in [1.82, 2.24) is 5.32 Å². The van der Waals surface area contributed by atoms with Crippen LogP contribution < -0.4 is 5.32 Å². The van der Waals surface area contributed by atoms with E-state index in [4.69, 9.17) is 14.2 Å². The van der Waals surface area contributed by atoms with Crippen LogP contribution in [0, 0.1) is 11.8 Å². The minimum atomic E-state index is -1.17. The molecule has 0 aromatic heterocycles. The number of carbonyl (C=O) groups is 3. The lowest BCUT2D eigenvalue weighted by molar-refractivity contribution is -0.175. The predicted octanol–water partition coefficient (Wildman–Crippen LogP) is 5.84. The van der Waals surface area contributed by atoms with Gasteiger partial charge in [-0.15, -0.1) is 0 Å². The van der Waals surface area contributed by atoms with E-state index >= 15 is 0 Å². The zero-order valence-electron chi connectivity index (χ0n) is 22.2. The first kappa shape index (κ1) is 28.4. The van der Waals surface area contributed by atoms with E-state index in [-0.39, 0.29) is 18.4 Å². The lowest BCUT2D eigenvalue weighted by Crippen LogP contribution is -2.48. The van der Waals surface area contributed by atoms with E-state index in [9.17, 15) is 14.4 Å². The summed E-state index contributed by atoms with van der Waals surface area (Å²) in [5.41, 5.74) is 2.41. The largest absolute Gasteiger partial charge is 0.450 e. The van der Waals surface area contributed by atoms with Crippen molar-refractivity contribution in [2.24, 2.45) is 11.8 Å². The number of nitrogens with one attached hydrogen (secondary N) is 1. The average molecular weight is 518 g/mol. The summed E-state index contributed by atoms with van der Waals surface area (Å²) in [6.07, 6.45) is -2.58. The highest BCUT2D eigenvalue weighted by atomic mass is 16.6. The summed E-state index contributed by atoms with van der Waals surface area (Å²) in [6.45, 7) is 7.14. The van der Waals surface area contributed by atoms with E-state index in [2.05, 4.69) is 5.32 Å². The lowest BCUT2D eigenvalue weighted by atomic mass is 10.0. The van der Waals surface area contributed by atoms with Gasteiger partial charge in [-0.25, -0.2) is 14.4 Å². The van der Waals surface area contributed by atoms with Gasteiger partial charge in [0.05, 0.1) is 0 Å². The third-order valence-corrected chi connectivity index (χ3v) is 5.93. The second-order valence-corrected chi connectivity index (χ2v) is 9.67. The molecule has 0 spiro atoms. The van der Waals surface area contributed by atoms with E-state index in [0.717, 1.165) is 16.7 Å². The maximum absolute atomic E-state index is 13.3. The Morgan fingerprint density at radius 2 is 1.16 bits per heavy atom. The van der Waals surface area contributed by atoms with Crippen LogP contribution in [0.5, 0.6) is 0 Å². The second-order valence-electron chi connectivity index (χ2n) is 9.67. The molecule has 0 aliphatic carbocycles. The van der Waals surface area contributed by atoms with E-state index in [1.54, 1.807) is 27.7 Å². The molecule has 7 nitrogen and oxygen atoms in total. The highest BCUT2D eigenvalue weighted by Gasteiger charge is 2.35. The normalized spacial score (nSPS) is 12.6. The third-order valence-electron chi connectivity index (χ3n) is 5.93. The fourth-order valence-electron chi connectivity index (χ4n) is 3.81. The molecule has 0 bridgehead atoms. The maximum Gasteiger partial charge on any atom is 0.408 e. The molecular formula is C31H35NO6. The first-order valence-corrected chi connectivity index (χ1v) is 12.7. The standard InChI is InChI=1S/C31H35NO6/c1-21(2)26(32-31(35)36-20-23-14-8-5-9-15-23)29(33)37-27(22(3)4)30(34)38-28(24-16-10-6-11-17-24)25-18-12-7-13-19-25/h5-19,21-22,26-28H,20H2,1-4H3,(H,32,35)/t26-,27-/m0/s1. The van der Waals surface area contributed by atoms with Gasteiger partial charge in [-0.1, -0.05) is 119 Å². The van der Waals surface area contributed by atoms with Gasteiger partial charge < -0.3 is 19.5 Å². The molecule has 3 aromatic rings. The molecule has 1 amide bonds. The van der Waals surface area contributed by atoms with Gasteiger partial charge in [0.25, 0.3) is 0 Å². The van der Waals surface area contributed by atoms with Gasteiger partial charge in [-0.3, -0.25) is 0 Å². The molecule has 7 heteroatoms. The van der Waals surface area contributed by atoms with Gasteiger partial charge in [0.15, 0.2) is 6.10 Å². The zero-order valence-corrected chi connectivity index (χ0v) is 22.2. The quantitative estimate of drug-likeness (QED) is 0.254. The first-order valence-electron chi connectivity index (χ1n) is 12.7. The summed E-state index contributed by atoms with van der Waals surface area (Å²) < 4.78 is 16.8. The molecule has 0 heterocycles. The number of esters is 2. The van der Waals surface area contributed by atoms with Crippen molar-refractivity contribution < 1.29 is 28.6 Å². The Morgan fingerprint density at radius 3 is 1.63 bits per heavy atom. The van der Waals surface area contributed by atoms with Crippen LogP contribution in [0.25, 0.3) is 0 Å². The van der Waals surface area contributed by atoms with Crippen LogP contribution in [0.3, 0.4) is 0 Å². The number of rotatable bonds is 11. The van der Waals surface area contributed by atoms with Crippen molar-refractivity contribution in [2.75, 3.05) is 0 Å². The Bertz CT molecular complexity index is 1130. The Hall–Kier alpha value is -4.13. The second kappa shape index (κ2) is 14.0.